The van der Waals surface area contributed by atoms with Crippen molar-refractivity contribution in [3.8, 4) is 26.7 Å². The lowest BCUT2D eigenvalue weighted by atomic mass is 10.2. The minimum absolute atomic E-state index is 0.317. The second-order valence-electron chi connectivity index (χ2n) is 8.09. The second kappa shape index (κ2) is 9.81. The van der Waals surface area contributed by atoms with E-state index in [0.717, 1.165) is 51.9 Å². The molecular weight excluding hydrogens is 474 g/mol. The lowest BCUT2D eigenvalue weighted by Crippen LogP contribution is -2.18. The van der Waals surface area contributed by atoms with Crippen LogP contribution in [0.15, 0.2) is 71.6 Å². The third-order valence-electron chi connectivity index (χ3n) is 5.28. The zero-order chi connectivity index (χ0) is 23.6. The van der Waals surface area contributed by atoms with Gasteiger partial charge in [-0.3, -0.25) is 0 Å². The van der Waals surface area contributed by atoms with Crippen molar-refractivity contribution >= 4 is 32.8 Å². The molecule has 0 radical (unpaired) electrons. The summed E-state index contributed by atoms with van der Waals surface area (Å²) in [5.41, 5.74) is 3.63. The van der Waals surface area contributed by atoms with Gasteiger partial charge >= 0.3 is 0 Å². The van der Waals surface area contributed by atoms with Crippen LogP contribution in [0.25, 0.3) is 26.7 Å². The minimum Gasteiger partial charge on any atom is -0.300 e. The fourth-order valence-electron chi connectivity index (χ4n) is 3.74. The molecule has 4 aromatic rings. The molecule has 5 nitrogen and oxygen atoms in total. The Kier molecular flexibility index (Phi) is 7.05. The number of thiophene rings is 1. The average Bonchev–Trinajstić information content (AvgIpc) is 3.41. The zero-order valence-electron chi connectivity index (χ0n) is 18.8. The minimum atomic E-state index is -3.27. The third-order valence-corrected chi connectivity index (χ3v) is 7.87. The van der Waals surface area contributed by atoms with E-state index in [-0.39, 0.29) is 0 Å². The van der Waals surface area contributed by atoms with Crippen LogP contribution < -0.4 is 0 Å². The maximum atomic E-state index is 12.0. The fraction of sp³-hybridized carbons (Fsp3) is 0.240. The molecule has 0 N–H and O–H groups in total. The lowest BCUT2D eigenvalue weighted by molar-refractivity contribution is 0.323. The number of aromatic nitrogens is 2. The van der Waals surface area contributed by atoms with Crippen LogP contribution in [0, 0.1) is 0 Å². The van der Waals surface area contributed by atoms with E-state index in [9.17, 15) is 8.42 Å². The maximum Gasteiger partial charge on any atom is 0.175 e. The van der Waals surface area contributed by atoms with Crippen molar-refractivity contribution in [1.82, 2.24) is 14.7 Å². The molecule has 0 spiro atoms. The van der Waals surface area contributed by atoms with E-state index in [0.29, 0.717) is 9.92 Å². The molecular formula is C25H26ClN3O2S2. The molecule has 4 rings (SSSR count). The van der Waals surface area contributed by atoms with Crippen LogP contribution >= 0.6 is 22.9 Å². The number of rotatable bonds is 8. The molecule has 0 aliphatic heterocycles. The number of para-hydroxylation sites is 1. The van der Waals surface area contributed by atoms with Crippen molar-refractivity contribution in [2.45, 2.75) is 24.8 Å². The Morgan fingerprint density at radius 2 is 1.79 bits per heavy atom. The predicted octanol–water partition coefficient (Wildman–Crippen LogP) is 6.17. The first-order chi connectivity index (χ1) is 15.8. The van der Waals surface area contributed by atoms with E-state index in [4.69, 9.17) is 16.7 Å². The van der Waals surface area contributed by atoms with E-state index >= 15 is 0 Å². The molecule has 0 fully saturated rings. The van der Waals surface area contributed by atoms with Gasteiger partial charge in [-0.2, -0.15) is 5.10 Å². The lowest BCUT2D eigenvalue weighted by Gasteiger charge is -2.13. The summed E-state index contributed by atoms with van der Waals surface area (Å²) in [6.07, 6.45) is 2.31. The van der Waals surface area contributed by atoms with Crippen molar-refractivity contribution in [2.75, 3.05) is 19.8 Å². The van der Waals surface area contributed by atoms with Crippen molar-refractivity contribution in [3.05, 3.63) is 77.4 Å². The summed E-state index contributed by atoms with van der Waals surface area (Å²) in [5.74, 6) is 0. The number of hydrogen-bond donors (Lipinski definition) is 0. The fourth-order valence-corrected chi connectivity index (χ4v) is 5.62. The van der Waals surface area contributed by atoms with Crippen molar-refractivity contribution in [2.24, 2.45) is 0 Å². The van der Waals surface area contributed by atoms with Crippen LogP contribution in [0.1, 0.15) is 19.0 Å². The largest absolute Gasteiger partial charge is 0.300 e. The van der Waals surface area contributed by atoms with E-state index in [1.54, 1.807) is 29.5 Å². The maximum absolute atomic E-state index is 12.0. The van der Waals surface area contributed by atoms with Gasteiger partial charge in [0.05, 0.1) is 31.9 Å². The Labute approximate surface area is 204 Å². The molecule has 2 aromatic carbocycles. The van der Waals surface area contributed by atoms with Gasteiger partial charge in [0.15, 0.2) is 9.84 Å². The zero-order valence-corrected chi connectivity index (χ0v) is 21.2. The monoisotopic (exact) mass is 499 g/mol. The summed E-state index contributed by atoms with van der Waals surface area (Å²) in [6.45, 7) is 3.90. The van der Waals surface area contributed by atoms with E-state index in [1.807, 2.05) is 41.1 Å². The number of sulfone groups is 1. The van der Waals surface area contributed by atoms with Gasteiger partial charge in [0.1, 0.15) is 0 Å². The summed E-state index contributed by atoms with van der Waals surface area (Å²) in [5, 5.41) is 5.52. The van der Waals surface area contributed by atoms with Gasteiger partial charge in [0.25, 0.3) is 0 Å². The molecule has 0 saturated heterocycles. The van der Waals surface area contributed by atoms with Gasteiger partial charge in [-0.1, -0.05) is 42.8 Å². The topological polar surface area (TPSA) is 55.2 Å². The molecule has 2 heterocycles. The van der Waals surface area contributed by atoms with Crippen LogP contribution in [-0.4, -0.2) is 42.9 Å². The highest BCUT2D eigenvalue weighted by Gasteiger charge is 2.17. The Morgan fingerprint density at radius 3 is 2.52 bits per heavy atom. The van der Waals surface area contributed by atoms with Crippen LogP contribution in [0.2, 0.25) is 5.02 Å². The average molecular weight is 500 g/mol. The first-order valence-corrected chi connectivity index (χ1v) is 13.8. The smallest absolute Gasteiger partial charge is 0.175 e. The van der Waals surface area contributed by atoms with Gasteiger partial charge in [0, 0.05) is 17.7 Å². The number of nitrogens with zero attached hydrogens (tertiary/aromatic N) is 3. The van der Waals surface area contributed by atoms with Crippen molar-refractivity contribution in [3.63, 3.8) is 0 Å². The van der Waals surface area contributed by atoms with Gasteiger partial charge < -0.3 is 4.90 Å². The Hall–Kier alpha value is -2.45. The highest BCUT2D eigenvalue weighted by Crippen LogP contribution is 2.37. The highest BCUT2D eigenvalue weighted by atomic mass is 35.5. The van der Waals surface area contributed by atoms with E-state index in [2.05, 4.69) is 31.0 Å². The predicted molar refractivity (Wildman–Crippen MR) is 137 cm³/mol. The van der Waals surface area contributed by atoms with Crippen LogP contribution in [-0.2, 0) is 16.4 Å². The number of halogens is 1. The SMILES string of the molecule is CCCN(C)Cc1cc(-c2ccc(-c3cccc(S(C)(=O)=O)c3)s2)n(-c2ccccc2Cl)n1. The van der Waals surface area contributed by atoms with Crippen LogP contribution in [0.3, 0.4) is 0 Å². The Bertz CT molecular complexity index is 1380. The van der Waals surface area contributed by atoms with Gasteiger partial charge in [-0.05, 0) is 68.0 Å². The molecule has 0 saturated carbocycles. The summed E-state index contributed by atoms with van der Waals surface area (Å²) in [4.78, 5) is 4.59. The van der Waals surface area contributed by atoms with E-state index in [1.165, 1.54) is 6.26 Å². The molecule has 0 aliphatic carbocycles. The summed E-state index contributed by atoms with van der Waals surface area (Å²) >= 11 is 8.12. The van der Waals surface area contributed by atoms with Gasteiger partial charge in [-0.15, -0.1) is 11.3 Å². The van der Waals surface area contributed by atoms with Crippen molar-refractivity contribution in [1.29, 1.82) is 0 Å². The number of benzene rings is 2. The molecule has 0 bridgehead atoms. The first kappa shape index (κ1) is 23.7. The standard InChI is InChI=1S/C25H26ClN3O2S2/c1-4-14-28(2)17-19-16-23(29(27-19)22-11-6-5-10-21(22)26)25-13-12-24(32-25)18-8-7-9-20(15-18)33(3,30)31/h5-13,15-16H,4,14,17H2,1-3H3. The first-order valence-electron chi connectivity index (χ1n) is 10.7. The Morgan fingerprint density at radius 1 is 1.03 bits per heavy atom. The number of hydrogen-bond acceptors (Lipinski definition) is 5. The Balaban J connectivity index is 1.77. The molecule has 172 valence electrons. The molecule has 8 heteroatoms. The quantitative estimate of drug-likeness (QED) is 0.291. The third kappa shape index (κ3) is 5.38. The van der Waals surface area contributed by atoms with Gasteiger partial charge in [-0.25, -0.2) is 13.1 Å². The van der Waals surface area contributed by atoms with Crippen LogP contribution in [0.5, 0.6) is 0 Å². The van der Waals surface area contributed by atoms with Crippen LogP contribution in [0.4, 0.5) is 0 Å². The molecule has 0 aliphatic rings. The second-order valence-corrected chi connectivity index (χ2v) is 11.6. The molecule has 0 unspecified atom stereocenters. The van der Waals surface area contributed by atoms with E-state index < -0.39 is 9.84 Å². The van der Waals surface area contributed by atoms with Gasteiger partial charge in [0.2, 0.25) is 0 Å². The highest BCUT2D eigenvalue weighted by molar-refractivity contribution is 7.90. The van der Waals surface area contributed by atoms with Crippen molar-refractivity contribution < 1.29 is 8.42 Å². The summed E-state index contributed by atoms with van der Waals surface area (Å²) < 4.78 is 25.9. The summed E-state index contributed by atoms with van der Waals surface area (Å²) in [6, 6.07) is 20.9. The molecule has 2 aromatic heterocycles. The molecule has 33 heavy (non-hydrogen) atoms. The normalized spacial score (nSPS) is 11.9. The molecule has 0 amide bonds. The summed E-state index contributed by atoms with van der Waals surface area (Å²) in [7, 11) is -1.18. The molecule has 0 atom stereocenters.